The van der Waals surface area contributed by atoms with Gasteiger partial charge in [-0.15, -0.1) is 11.3 Å². The average molecular weight is 822 g/mol. The number of hydrogen-bond acceptors (Lipinski definition) is 4. The highest BCUT2D eigenvalue weighted by molar-refractivity contribution is 7.26. The summed E-state index contributed by atoms with van der Waals surface area (Å²) in [5, 5.41) is 7.12. The van der Waals surface area contributed by atoms with Crippen molar-refractivity contribution in [1.82, 2.24) is 24.1 Å². The molecule has 63 heavy (non-hydrogen) atoms. The normalized spacial score (nSPS) is 11.8. The Morgan fingerprint density at radius 3 is 1.49 bits per heavy atom. The summed E-state index contributed by atoms with van der Waals surface area (Å²) >= 11 is 1.80. The van der Waals surface area contributed by atoms with Gasteiger partial charge in [-0.2, -0.15) is 9.97 Å². The minimum absolute atomic E-state index is 0.566. The third-order valence-electron chi connectivity index (χ3n) is 12.4. The number of hydrogen-bond donors (Lipinski definition) is 0. The van der Waals surface area contributed by atoms with Gasteiger partial charge in [0.1, 0.15) is 0 Å². The summed E-state index contributed by atoms with van der Waals surface area (Å²) in [6.45, 7) is 0. The van der Waals surface area contributed by atoms with E-state index in [0.29, 0.717) is 17.6 Å². The molecule has 4 heterocycles. The standard InChI is InChI=1S/C57H35N5S/c1-4-18-36(19-5-1)40-27-16-32-50-52(40)44-26-12-15-31-49(44)62(50)57-59-55(38-22-8-3-9-23-38)58-56(60-57)46-35-39(61-47-29-13-10-24-42(47)43-25-11-14-30-48(43)61)34-45-53-41(37-20-6-2-7-21-37)28-17-33-51(53)63-54(45)46/h1-35H. The summed E-state index contributed by atoms with van der Waals surface area (Å²) < 4.78 is 6.96. The summed E-state index contributed by atoms with van der Waals surface area (Å²) in [6.07, 6.45) is 0. The van der Waals surface area contributed by atoms with Crippen molar-refractivity contribution in [1.29, 1.82) is 0 Å². The van der Waals surface area contributed by atoms with E-state index < -0.39 is 0 Å². The molecule has 0 N–H and O–H groups in total. The van der Waals surface area contributed by atoms with E-state index in [-0.39, 0.29) is 0 Å². The van der Waals surface area contributed by atoms with Crippen molar-refractivity contribution in [2.75, 3.05) is 0 Å². The molecule has 0 unspecified atom stereocenters. The molecule has 0 radical (unpaired) electrons. The van der Waals surface area contributed by atoms with E-state index >= 15 is 0 Å². The molecule has 13 aromatic rings. The van der Waals surface area contributed by atoms with Gasteiger partial charge >= 0.3 is 0 Å². The minimum Gasteiger partial charge on any atom is -0.309 e. The van der Waals surface area contributed by atoms with E-state index in [1.54, 1.807) is 11.3 Å². The van der Waals surface area contributed by atoms with Gasteiger partial charge < -0.3 is 4.57 Å². The maximum atomic E-state index is 5.56. The fourth-order valence-corrected chi connectivity index (χ4v) is 10.9. The first kappa shape index (κ1) is 35.6. The first-order valence-electron chi connectivity index (χ1n) is 21.2. The molecule has 9 aromatic carbocycles. The lowest BCUT2D eigenvalue weighted by atomic mass is 9.98. The van der Waals surface area contributed by atoms with Crippen LogP contribution in [0, 0.1) is 0 Å². The van der Waals surface area contributed by atoms with Crippen LogP contribution in [0.25, 0.3) is 120 Å². The van der Waals surface area contributed by atoms with Crippen LogP contribution in [0.2, 0.25) is 0 Å². The Morgan fingerprint density at radius 2 is 0.841 bits per heavy atom. The maximum absolute atomic E-state index is 5.56. The monoisotopic (exact) mass is 821 g/mol. The second-order valence-electron chi connectivity index (χ2n) is 16.0. The summed E-state index contributed by atoms with van der Waals surface area (Å²) in [5.41, 5.74) is 12.0. The van der Waals surface area contributed by atoms with Gasteiger partial charge in [-0.3, -0.25) is 4.57 Å². The summed E-state index contributed by atoms with van der Waals surface area (Å²) in [5.74, 6) is 1.79. The van der Waals surface area contributed by atoms with E-state index in [9.17, 15) is 0 Å². The summed E-state index contributed by atoms with van der Waals surface area (Å²) in [6, 6.07) is 75.5. The summed E-state index contributed by atoms with van der Waals surface area (Å²) in [4.78, 5) is 16.3. The van der Waals surface area contributed by atoms with Crippen molar-refractivity contribution in [3.8, 4) is 56.7 Å². The first-order valence-corrected chi connectivity index (χ1v) is 22.0. The summed E-state index contributed by atoms with van der Waals surface area (Å²) in [7, 11) is 0. The van der Waals surface area contributed by atoms with E-state index in [1.165, 1.54) is 37.5 Å². The van der Waals surface area contributed by atoms with Gasteiger partial charge in [0.05, 0.1) is 22.1 Å². The van der Waals surface area contributed by atoms with E-state index in [4.69, 9.17) is 15.0 Å². The van der Waals surface area contributed by atoms with Crippen LogP contribution in [-0.2, 0) is 0 Å². The van der Waals surface area contributed by atoms with Crippen LogP contribution in [0.1, 0.15) is 0 Å². The van der Waals surface area contributed by atoms with Crippen molar-refractivity contribution in [3.05, 3.63) is 212 Å². The Kier molecular flexibility index (Phi) is 8.01. The molecule has 0 bridgehead atoms. The zero-order valence-corrected chi connectivity index (χ0v) is 34.7. The Morgan fingerprint density at radius 1 is 0.333 bits per heavy atom. The Balaban J connectivity index is 1.16. The third-order valence-corrected chi connectivity index (χ3v) is 13.6. The number of fused-ring (bicyclic) bond motifs is 9. The molecule has 4 aromatic heterocycles. The lowest BCUT2D eigenvalue weighted by molar-refractivity contribution is 0.954. The van der Waals surface area contributed by atoms with Crippen molar-refractivity contribution in [3.63, 3.8) is 0 Å². The predicted octanol–water partition coefficient (Wildman–Crippen LogP) is 15.1. The highest BCUT2D eigenvalue weighted by Gasteiger charge is 2.24. The SMILES string of the molecule is c1ccc(-c2nc(-c3cc(-n4c5ccccc5c5ccccc54)cc4c3sc3cccc(-c5ccccc5)c34)nc(-n3c4ccccc4c4c(-c5ccccc5)cccc43)n2)cc1. The van der Waals surface area contributed by atoms with Gasteiger partial charge in [-0.25, -0.2) is 4.98 Å². The van der Waals surface area contributed by atoms with Crippen LogP contribution in [-0.4, -0.2) is 24.1 Å². The third kappa shape index (κ3) is 5.59. The van der Waals surface area contributed by atoms with E-state index in [0.717, 1.165) is 65.3 Å². The molecule has 0 aliphatic heterocycles. The van der Waals surface area contributed by atoms with Crippen LogP contribution >= 0.6 is 11.3 Å². The highest BCUT2D eigenvalue weighted by atomic mass is 32.1. The molecule has 0 saturated carbocycles. The largest absolute Gasteiger partial charge is 0.309 e. The van der Waals surface area contributed by atoms with Gasteiger partial charge in [0.2, 0.25) is 5.95 Å². The minimum atomic E-state index is 0.566. The van der Waals surface area contributed by atoms with Crippen molar-refractivity contribution < 1.29 is 0 Å². The lowest BCUT2D eigenvalue weighted by Gasteiger charge is -2.14. The molecular formula is C57H35N5S. The van der Waals surface area contributed by atoms with Gasteiger partial charge in [0.25, 0.3) is 0 Å². The second kappa shape index (κ2) is 14.2. The second-order valence-corrected chi connectivity index (χ2v) is 17.0. The molecule has 294 valence electrons. The Labute approximate surface area is 366 Å². The molecule has 6 heteroatoms. The number of aromatic nitrogens is 5. The fraction of sp³-hybridized carbons (Fsp3) is 0. The molecule has 0 aliphatic rings. The van der Waals surface area contributed by atoms with Crippen LogP contribution in [0.15, 0.2) is 212 Å². The number of para-hydroxylation sites is 3. The highest BCUT2D eigenvalue weighted by Crippen LogP contribution is 2.46. The lowest BCUT2D eigenvalue weighted by Crippen LogP contribution is -2.07. The van der Waals surface area contributed by atoms with E-state index in [2.05, 4.69) is 203 Å². The fourth-order valence-electron chi connectivity index (χ4n) is 9.66. The topological polar surface area (TPSA) is 48.5 Å². The molecule has 0 amide bonds. The van der Waals surface area contributed by atoms with Gasteiger partial charge in [-0.05, 0) is 64.7 Å². The van der Waals surface area contributed by atoms with Crippen LogP contribution in [0.5, 0.6) is 0 Å². The molecule has 13 rings (SSSR count). The van der Waals surface area contributed by atoms with Gasteiger partial charge in [0.15, 0.2) is 11.6 Å². The Hall–Kier alpha value is -8.19. The molecule has 0 spiro atoms. The van der Waals surface area contributed by atoms with E-state index in [1.807, 2.05) is 18.2 Å². The quantitative estimate of drug-likeness (QED) is 0.168. The van der Waals surface area contributed by atoms with Crippen LogP contribution < -0.4 is 0 Å². The molecule has 0 aliphatic carbocycles. The number of benzene rings is 9. The average Bonchev–Trinajstić information content (AvgIpc) is 4.02. The maximum Gasteiger partial charge on any atom is 0.238 e. The van der Waals surface area contributed by atoms with Crippen molar-refractivity contribution in [2.45, 2.75) is 0 Å². The zero-order chi connectivity index (χ0) is 41.4. The predicted molar refractivity (Wildman–Crippen MR) is 263 cm³/mol. The van der Waals surface area contributed by atoms with Gasteiger partial charge in [0, 0.05) is 58.5 Å². The molecular weight excluding hydrogens is 787 g/mol. The van der Waals surface area contributed by atoms with Gasteiger partial charge in [-0.1, -0.05) is 170 Å². The first-order chi connectivity index (χ1) is 31.3. The molecule has 0 saturated heterocycles. The molecule has 5 nitrogen and oxygen atoms in total. The smallest absolute Gasteiger partial charge is 0.238 e. The van der Waals surface area contributed by atoms with Crippen LogP contribution in [0.3, 0.4) is 0 Å². The number of thiophene rings is 1. The van der Waals surface area contributed by atoms with Crippen molar-refractivity contribution in [2.24, 2.45) is 0 Å². The zero-order valence-electron chi connectivity index (χ0n) is 33.9. The number of rotatable bonds is 6. The Bertz CT molecular complexity index is 3850. The van der Waals surface area contributed by atoms with Crippen molar-refractivity contribution >= 4 is 75.1 Å². The molecule has 0 fully saturated rings. The van der Waals surface area contributed by atoms with Crippen LogP contribution in [0.4, 0.5) is 0 Å². The molecule has 0 atom stereocenters. The number of nitrogens with zero attached hydrogens (tertiary/aromatic N) is 5.